The number of amides is 1. The molecule has 10 heteroatoms. The van der Waals surface area contributed by atoms with Crippen molar-refractivity contribution in [3.05, 3.63) is 46.2 Å². The van der Waals surface area contributed by atoms with Gasteiger partial charge in [0, 0.05) is 11.8 Å². The van der Waals surface area contributed by atoms with E-state index in [0.29, 0.717) is 17.2 Å². The van der Waals surface area contributed by atoms with Gasteiger partial charge in [0.1, 0.15) is 29.6 Å². The number of furan rings is 1. The van der Waals surface area contributed by atoms with Gasteiger partial charge in [0.15, 0.2) is 11.5 Å². The summed E-state index contributed by atoms with van der Waals surface area (Å²) in [5.74, 6) is 0.0378. The number of nitrogens with one attached hydrogen (secondary N) is 1. The standard InChI is InChI=1S/C20H21N3O7/c1-5-29-20(26)16-11(2)30-18-17(16)19(25)23(10-21-18)9-15(24)22-12-6-7-13(27-3)14(8-12)28-4/h6-8,10H,5,9H2,1-4H3,(H,22,24). The number of aryl methyl sites for hydroxylation is 1. The molecular formula is C20H21N3O7. The number of methoxy groups -OCH3 is 2. The lowest BCUT2D eigenvalue weighted by atomic mass is 10.2. The summed E-state index contributed by atoms with van der Waals surface area (Å²) in [4.78, 5) is 41.6. The second-order valence-electron chi connectivity index (χ2n) is 6.23. The summed E-state index contributed by atoms with van der Waals surface area (Å²) in [7, 11) is 2.99. The first-order valence-electron chi connectivity index (χ1n) is 9.07. The summed E-state index contributed by atoms with van der Waals surface area (Å²) in [6, 6.07) is 4.88. The summed E-state index contributed by atoms with van der Waals surface area (Å²) in [6.45, 7) is 3.03. The van der Waals surface area contributed by atoms with Gasteiger partial charge in [0.25, 0.3) is 5.56 Å². The van der Waals surface area contributed by atoms with Gasteiger partial charge in [-0.15, -0.1) is 0 Å². The van der Waals surface area contributed by atoms with E-state index >= 15 is 0 Å². The molecule has 30 heavy (non-hydrogen) atoms. The van der Waals surface area contributed by atoms with Crippen molar-refractivity contribution in [3.63, 3.8) is 0 Å². The molecule has 1 N–H and O–H groups in total. The van der Waals surface area contributed by atoms with Crippen LogP contribution < -0.4 is 20.3 Å². The zero-order chi connectivity index (χ0) is 21.8. The quantitative estimate of drug-likeness (QED) is 0.583. The van der Waals surface area contributed by atoms with Crippen molar-refractivity contribution in [2.24, 2.45) is 0 Å². The highest BCUT2D eigenvalue weighted by Gasteiger charge is 2.24. The van der Waals surface area contributed by atoms with Gasteiger partial charge in [-0.05, 0) is 26.0 Å². The second-order valence-corrected chi connectivity index (χ2v) is 6.23. The molecule has 1 aromatic carbocycles. The molecule has 0 radical (unpaired) electrons. The van der Waals surface area contributed by atoms with Crippen LogP contribution in [0.5, 0.6) is 11.5 Å². The molecule has 0 atom stereocenters. The monoisotopic (exact) mass is 415 g/mol. The Balaban J connectivity index is 1.88. The van der Waals surface area contributed by atoms with Gasteiger partial charge in [-0.25, -0.2) is 9.78 Å². The molecule has 0 spiro atoms. The van der Waals surface area contributed by atoms with Gasteiger partial charge in [0.2, 0.25) is 11.6 Å². The molecule has 0 unspecified atom stereocenters. The first kappa shape index (κ1) is 20.9. The lowest BCUT2D eigenvalue weighted by Gasteiger charge is -2.11. The Morgan fingerprint density at radius 2 is 1.93 bits per heavy atom. The average molecular weight is 415 g/mol. The highest BCUT2D eigenvalue weighted by Crippen LogP contribution is 2.29. The average Bonchev–Trinajstić information content (AvgIpc) is 3.07. The maximum atomic E-state index is 12.9. The number of carbonyl (C=O) groups excluding carboxylic acids is 2. The number of aromatic nitrogens is 2. The summed E-state index contributed by atoms with van der Waals surface area (Å²) in [6.07, 6.45) is 1.19. The topological polar surface area (TPSA) is 122 Å². The number of esters is 1. The van der Waals surface area contributed by atoms with Crippen LogP contribution in [0.2, 0.25) is 0 Å². The van der Waals surface area contributed by atoms with Crippen LogP contribution in [-0.2, 0) is 16.1 Å². The molecule has 3 aromatic rings. The van der Waals surface area contributed by atoms with Crippen molar-refractivity contribution in [2.45, 2.75) is 20.4 Å². The Bertz CT molecular complexity index is 1160. The Hall–Kier alpha value is -3.82. The lowest BCUT2D eigenvalue weighted by Crippen LogP contribution is -2.28. The van der Waals surface area contributed by atoms with Crippen LogP contribution in [0, 0.1) is 6.92 Å². The number of hydrogen-bond acceptors (Lipinski definition) is 8. The zero-order valence-corrected chi connectivity index (χ0v) is 17.0. The summed E-state index contributed by atoms with van der Waals surface area (Å²) < 4.78 is 21.9. The number of anilines is 1. The highest BCUT2D eigenvalue weighted by atomic mass is 16.5. The van der Waals surface area contributed by atoms with Crippen molar-refractivity contribution in [1.82, 2.24) is 9.55 Å². The number of ether oxygens (including phenoxy) is 3. The van der Waals surface area contributed by atoms with E-state index in [1.54, 1.807) is 32.0 Å². The largest absolute Gasteiger partial charge is 0.493 e. The van der Waals surface area contributed by atoms with Gasteiger partial charge in [-0.2, -0.15) is 0 Å². The number of benzene rings is 1. The fourth-order valence-corrected chi connectivity index (χ4v) is 2.97. The van der Waals surface area contributed by atoms with Gasteiger partial charge in [-0.3, -0.25) is 14.2 Å². The van der Waals surface area contributed by atoms with E-state index in [0.717, 1.165) is 4.57 Å². The minimum atomic E-state index is -0.680. The van der Waals surface area contributed by atoms with Crippen LogP contribution in [0.1, 0.15) is 23.0 Å². The van der Waals surface area contributed by atoms with E-state index in [9.17, 15) is 14.4 Å². The third-order valence-electron chi connectivity index (χ3n) is 4.32. The summed E-state index contributed by atoms with van der Waals surface area (Å²) >= 11 is 0. The molecule has 0 aliphatic rings. The Morgan fingerprint density at radius 3 is 2.60 bits per heavy atom. The van der Waals surface area contributed by atoms with Crippen LogP contribution in [0.25, 0.3) is 11.1 Å². The number of carbonyl (C=O) groups is 2. The Kier molecular flexibility index (Phi) is 6.05. The fourth-order valence-electron chi connectivity index (χ4n) is 2.97. The normalized spacial score (nSPS) is 10.7. The molecule has 1 amide bonds. The molecule has 2 aromatic heterocycles. The van der Waals surface area contributed by atoms with E-state index in [-0.39, 0.29) is 35.6 Å². The van der Waals surface area contributed by atoms with Crippen LogP contribution in [0.4, 0.5) is 5.69 Å². The molecule has 0 bridgehead atoms. The molecular weight excluding hydrogens is 394 g/mol. The number of nitrogens with zero attached hydrogens (tertiary/aromatic N) is 2. The molecule has 3 rings (SSSR count). The number of hydrogen-bond donors (Lipinski definition) is 1. The van der Waals surface area contributed by atoms with Crippen LogP contribution in [0.15, 0.2) is 33.7 Å². The molecule has 0 saturated heterocycles. The molecule has 0 fully saturated rings. The Morgan fingerprint density at radius 1 is 1.20 bits per heavy atom. The molecule has 0 saturated carbocycles. The van der Waals surface area contributed by atoms with E-state index in [4.69, 9.17) is 18.6 Å². The summed E-state index contributed by atoms with van der Waals surface area (Å²) in [5, 5.41) is 2.66. The van der Waals surface area contributed by atoms with Crippen LogP contribution in [0.3, 0.4) is 0 Å². The lowest BCUT2D eigenvalue weighted by molar-refractivity contribution is -0.116. The van der Waals surface area contributed by atoms with Gasteiger partial charge in [0.05, 0.1) is 20.8 Å². The molecule has 0 aliphatic heterocycles. The zero-order valence-electron chi connectivity index (χ0n) is 17.0. The third kappa shape index (κ3) is 3.97. The first-order valence-corrected chi connectivity index (χ1v) is 9.07. The highest BCUT2D eigenvalue weighted by molar-refractivity contribution is 6.03. The van der Waals surface area contributed by atoms with Crippen molar-refractivity contribution < 1.29 is 28.2 Å². The smallest absolute Gasteiger partial charge is 0.342 e. The van der Waals surface area contributed by atoms with Crippen molar-refractivity contribution in [1.29, 1.82) is 0 Å². The van der Waals surface area contributed by atoms with Crippen LogP contribution in [-0.4, -0.2) is 42.3 Å². The number of rotatable bonds is 7. The fraction of sp³-hybridized carbons (Fsp3) is 0.300. The van der Waals surface area contributed by atoms with Crippen LogP contribution >= 0.6 is 0 Å². The van der Waals surface area contributed by atoms with E-state index in [1.807, 2.05) is 0 Å². The minimum absolute atomic E-state index is 0.0112. The first-order chi connectivity index (χ1) is 14.4. The maximum absolute atomic E-state index is 12.9. The SMILES string of the molecule is CCOC(=O)c1c(C)oc2ncn(CC(=O)Nc3ccc(OC)c(OC)c3)c(=O)c12. The van der Waals surface area contributed by atoms with Gasteiger partial charge >= 0.3 is 5.97 Å². The molecule has 158 valence electrons. The van der Waals surface area contributed by atoms with Gasteiger partial charge < -0.3 is 23.9 Å². The van der Waals surface area contributed by atoms with E-state index < -0.39 is 17.4 Å². The Labute approximate surface area is 171 Å². The van der Waals surface area contributed by atoms with Crippen molar-refractivity contribution >= 4 is 28.7 Å². The van der Waals surface area contributed by atoms with E-state index in [2.05, 4.69) is 10.3 Å². The molecule has 0 aliphatic carbocycles. The minimum Gasteiger partial charge on any atom is -0.493 e. The maximum Gasteiger partial charge on any atom is 0.342 e. The van der Waals surface area contributed by atoms with E-state index in [1.165, 1.54) is 20.5 Å². The van der Waals surface area contributed by atoms with Crippen molar-refractivity contribution in [3.8, 4) is 11.5 Å². The van der Waals surface area contributed by atoms with Crippen molar-refractivity contribution in [2.75, 3.05) is 26.1 Å². The summed E-state index contributed by atoms with van der Waals surface area (Å²) in [5.41, 5.74) is -0.0930. The van der Waals surface area contributed by atoms with Gasteiger partial charge in [-0.1, -0.05) is 0 Å². The number of fused-ring (bicyclic) bond motifs is 1. The molecule has 2 heterocycles. The molecule has 10 nitrogen and oxygen atoms in total. The second kappa shape index (κ2) is 8.68. The predicted molar refractivity (Wildman–Crippen MR) is 107 cm³/mol. The predicted octanol–water partition coefficient (Wildman–Crippen LogP) is 2.13. The third-order valence-corrected chi connectivity index (χ3v) is 4.32.